The summed E-state index contributed by atoms with van der Waals surface area (Å²) in [5.74, 6) is 1.82. The van der Waals surface area contributed by atoms with Gasteiger partial charge in [-0.05, 0) is 48.6 Å². The molecule has 0 fully saturated rings. The molecule has 0 atom stereocenters. The fourth-order valence-corrected chi connectivity index (χ4v) is 7.56. The van der Waals surface area contributed by atoms with Crippen LogP contribution in [0, 0.1) is 0 Å². The number of amidine groups is 1. The second-order valence-corrected chi connectivity index (χ2v) is 20.9. The van der Waals surface area contributed by atoms with Crippen LogP contribution in [0.5, 0.6) is 40.4 Å². The molecule has 0 unspecified atom stereocenters. The van der Waals surface area contributed by atoms with Gasteiger partial charge in [-0.25, -0.2) is 9.78 Å². The number of benzene rings is 3. The number of rotatable bonds is 23. The van der Waals surface area contributed by atoms with E-state index in [1.807, 2.05) is 4.98 Å². The first-order chi connectivity index (χ1) is 43.5. The normalized spacial score (nSPS) is 10.8. The van der Waals surface area contributed by atoms with Gasteiger partial charge in [0.25, 0.3) is 11.8 Å². The molecule has 4 heterocycles. The Balaban J connectivity index is 0.000000327. The number of nitrogens with zero attached hydrogens (tertiary/aromatic N) is 6. The molecule has 0 saturated carbocycles. The molecule has 38 heteroatoms. The Morgan fingerprint density at radius 1 is 0.641 bits per heavy atom. The zero-order chi connectivity index (χ0) is 68.7. The summed E-state index contributed by atoms with van der Waals surface area (Å²) in [5, 5.41) is 44.8. The first kappa shape index (κ1) is 78.9. The largest absolute Gasteiger partial charge is 0.494 e. The Bertz CT molecular complexity index is 3640. The van der Waals surface area contributed by atoms with E-state index in [1.165, 1.54) is 51.7 Å². The SMILES string of the molecule is COc1c(Cl)cc(OCC=C(Cl)Cl)cc1-c1nc(CCO)no1.COc1c(Cl)cc(OCC=C(Cl)Cl)cc1-c1nc(CCOc2ccc(C(F)(F)F)cn2)no1.COc1c(Cl)cc(OCC=C(Cl)Cl)cc1C(=O)O.N/C(CCO)=N\O.O=c1ccc(C(F)(F)F)c[nH]1. The number of H-pyrrole nitrogens is 1. The van der Waals surface area contributed by atoms with Crippen molar-refractivity contribution in [2.45, 2.75) is 31.6 Å². The molecule has 0 radical (unpaired) electrons. The van der Waals surface area contributed by atoms with Crippen molar-refractivity contribution in [2.75, 3.05) is 61.0 Å². The van der Waals surface area contributed by atoms with E-state index >= 15 is 0 Å². The number of ether oxygens (including phenoxy) is 7. The Morgan fingerprint density at radius 3 is 1.45 bits per heavy atom. The van der Waals surface area contributed by atoms with Crippen molar-refractivity contribution in [3.8, 4) is 63.3 Å². The molecule has 0 bridgehead atoms. The number of methoxy groups -OCH3 is 3. The maximum atomic E-state index is 12.6. The average Bonchev–Trinajstić information content (AvgIpc) is 1.49. The number of aromatic amines is 1. The third kappa shape index (κ3) is 27.9. The highest BCUT2D eigenvalue weighted by Crippen LogP contribution is 2.41. The molecule has 0 spiro atoms. The van der Waals surface area contributed by atoms with Crippen LogP contribution in [-0.2, 0) is 25.2 Å². The molecule has 23 nitrogen and oxygen atoms in total. The zero-order valence-electron chi connectivity index (χ0n) is 47.2. The van der Waals surface area contributed by atoms with E-state index in [0.717, 1.165) is 24.3 Å². The summed E-state index contributed by atoms with van der Waals surface area (Å²) < 4.78 is 121. The van der Waals surface area contributed by atoms with Crippen molar-refractivity contribution in [1.82, 2.24) is 30.2 Å². The van der Waals surface area contributed by atoms with Crippen LogP contribution in [0.15, 0.2) is 124 Å². The van der Waals surface area contributed by atoms with Crippen molar-refractivity contribution in [2.24, 2.45) is 10.9 Å². The monoisotopic (exact) mass is 1480 g/mol. The third-order valence-corrected chi connectivity index (χ3v) is 12.1. The van der Waals surface area contributed by atoms with Gasteiger partial charge in [-0.1, -0.05) is 120 Å². The van der Waals surface area contributed by atoms with E-state index in [-0.39, 0.29) is 123 Å². The fraction of sp³-hybridized carbons (Fsp3) is 0.259. The van der Waals surface area contributed by atoms with Crippen LogP contribution in [0.2, 0.25) is 15.1 Å². The van der Waals surface area contributed by atoms with Crippen molar-refractivity contribution in [3.05, 3.63) is 159 Å². The van der Waals surface area contributed by atoms with E-state index in [0.29, 0.717) is 63.2 Å². The summed E-state index contributed by atoms with van der Waals surface area (Å²) in [6.07, 6.45) is -2.42. The van der Waals surface area contributed by atoms with E-state index < -0.39 is 35.0 Å². The Hall–Kier alpha value is -7.29. The van der Waals surface area contributed by atoms with Crippen LogP contribution in [0.4, 0.5) is 26.3 Å². The maximum Gasteiger partial charge on any atom is 0.417 e. The van der Waals surface area contributed by atoms with Crippen molar-refractivity contribution in [3.63, 3.8) is 0 Å². The number of carbonyl (C=O) groups is 1. The van der Waals surface area contributed by atoms with Crippen LogP contribution in [0.25, 0.3) is 22.9 Å². The van der Waals surface area contributed by atoms with Gasteiger partial charge in [-0.15, -0.1) is 0 Å². The van der Waals surface area contributed by atoms with Crippen LogP contribution >= 0.6 is 104 Å². The highest BCUT2D eigenvalue weighted by molar-refractivity contribution is 6.56. The van der Waals surface area contributed by atoms with Gasteiger partial charge < -0.3 is 73.4 Å². The lowest BCUT2D eigenvalue weighted by atomic mass is 10.2. The highest BCUT2D eigenvalue weighted by atomic mass is 35.5. The Kier molecular flexibility index (Phi) is 34.3. The van der Waals surface area contributed by atoms with E-state index in [2.05, 4.69) is 30.4 Å². The number of nitrogens with two attached hydrogens (primary N) is 1. The van der Waals surface area contributed by atoms with E-state index in [4.69, 9.17) is 173 Å². The molecule has 0 saturated heterocycles. The summed E-state index contributed by atoms with van der Waals surface area (Å²) in [5.41, 5.74) is 3.46. The standard InChI is InChI=1S/C20H15Cl3F3N3O4.C14H13Cl3N2O4.C11H9Cl3O4.C6H4F3NO.C3H8N2O2/c1-30-18-13(8-12(9-14(18)21)31-6-4-15(22)23)19-28-16(29-33-19)5-7-32-17-3-2-11(10-27-17)20(24,25)26;1-21-13-9(14-18-12(2-4-20)19-23-14)6-8(7-10(13)15)22-5-3-11(16)17;1-17-10-7(11(15)16)4-6(5-8(10)12)18-3-2-9(13)14;7-6(8,9)4-1-2-5(11)10-3-4;4-3(5-7)1-2-6/h2-4,8-10H,5-7H2,1H3;3,6-7,20H,2,4-5H2,1H3;2,4-5H,3H2,1H3,(H,15,16);1-3H,(H,10,11);6-7H,1-2H2,(H2,4,5). The van der Waals surface area contributed by atoms with Crippen molar-refractivity contribution in [1.29, 1.82) is 0 Å². The highest BCUT2D eigenvalue weighted by Gasteiger charge is 2.31. The number of hydrogen-bond donors (Lipinski definition) is 6. The molecule has 3 aromatic carbocycles. The first-order valence-corrected chi connectivity index (χ1v) is 28.4. The number of aromatic nitrogens is 6. The Labute approximate surface area is 562 Å². The summed E-state index contributed by atoms with van der Waals surface area (Å²) in [4.78, 5) is 35.4. The molecule has 500 valence electrons. The van der Waals surface area contributed by atoms with Gasteiger partial charge in [-0.2, -0.15) is 36.3 Å². The Morgan fingerprint density at radius 2 is 1.09 bits per heavy atom. The smallest absolute Gasteiger partial charge is 0.417 e. The molecule has 7 N–H and O–H groups in total. The minimum absolute atomic E-state index is 0.0381. The van der Waals surface area contributed by atoms with Gasteiger partial charge in [0.1, 0.15) is 73.4 Å². The van der Waals surface area contributed by atoms with Gasteiger partial charge in [-0.3, -0.25) is 4.79 Å². The number of aliphatic hydroxyl groups excluding tert-OH is 2. The maximum absolute atomic E-state index is 12.6. The number of pyridine rings is 2. The minimum atomic E-state index is -4.47. The lowest BCUT2D eigenvalue weighted by Crippen LogP contribution is -2.12. The number of oxime groups is 1. The second-order valence-electron chi connectivity index (χ2n) is 16.7. The molecule has 0 aliphatic carbocycles. The number of aliphatic hydroxyl groups is 2. The number of nitrogens with one attached hydrogen (secondary N) is 1. The molecule has 7 rings (SSSR count). The molecule has 92 heavy (non-hydrogen) atoms. The molecule has 7 aromatic rings. The van der Waals surface area contributed by atoms with Gasteiger partial charge in [0.05, 0.1) is 78.5 Å². The predicted molar refractivity (Wildman–Crippen MR) is 330 cm³/mol. The number of aromatic carboxylic acids is 1. The fourth-order valence-electron chi connectivity index (χ4n) is 6.32. The van der Waals surface area contributed by atoms with E-state index in [9.17, 15) is 35.9 Å². The van der Waals surface area contributed by atoms with Crippen LogP contribution in [-0.4, -0.2) is 124 Å². The molecule has 4 aromatic heterocycles. The van der Waals surface area contributed by atoms with Crippen LogP contribution in [0.3, 0.4) is 0 Å². The molecule has 0 aliphatic heterocycles. The lowest BCUT2D eigenvalue weighted by Gasteiger charge is -2.11. The number of carboxylic acid groups (broad SMARTS) is 1. The quantitative estimate of drug-likeness (QED) is 0.0114. The van der Waals surface area contributed by atoms with Gasteiger partial charge in [0, 0.05) is 62.0 Å². The zero-order valence-corrected chi connectivity index (χ0v) is 54.0. The van der Waals surface area contributed by atoms with Gasteiger partial charge in [0.2, 0.25) is 11.4 Å². The summed E-state index contributed by atoms with van der Waals surface area (Å²) in [6.45, 7) is 0.286. The second kappa shape index (κ2) is 40.0. The van der Waals surface area contributed by atoms with Crippen molar-refractivity contribution >= 4 is 116 Å². The van der Waals surface area contributed by atoms with Crippen molar-refractivity contribution < 1.29 is 93.9 Å². The number of halogens is 15. The third-order valence-electron chi connectivity index (χ3n) is 10.3. The number of carboxylic acids is 1. The molecule has 0 amide bonds. The topological polar surface area (TPSA) is 325 Å². The molecule has 0 aliphatic rings. The first-order valence-electron chi connectivity index (χ1n) is 25.0. The molecular weight excluding hydrogens is 1430 g/mol. The number of hydrogen-bond acceptors (Lipinski definition) is 20. The summed E-state index contributed by atoms with van der Waals surface area (Å²) in [6, 6.07) is 12.7. The van der Waals surface area contributed by atoms with Crippen LogP contribution < -0.4 is 44.5 Å². The molecular formula is C54H49Cl9F6N8O15. The average molecular weight is 1480 g/mol. The summed E-state index contributed by atoms with van der Waals surface area (Å²) >= 11 is 51.4. The lowest BCUT2D eigenvalue weighted by molar-refractivity contribution is -0.138. The predicted octanol–water partition coefficient (Wildman–Crippen LogP) is 14.0. The van der Waals surface area contributed by atoms with Crippen LogP contribution in [0.1, 0.15) is 39.6 Å². The van der Waals surface area contributed by atoms with Gasteiger partial charge >= 0.3 is 18.3 Å². The van der Waals surface area contributed by atoms with Gasteiger partial charge in [0.15, 0.2) is 17.4 Å². The number of alkyl halides is 6. The minimum Gasteiger partial charge on any atom is -0.494 e. The van der Waals surface area contributed by atoms with E-state index in [1.54, 1.807) is 24.3 Å². The summed E-state index contributed by atoms with van der Waals surface area (Å²) in [7, 11) is 4.25.